The van der Waals surface area contributed by atoms with E-state index in [0.717, 1.165) is 0 Å². The molecule has 0 aliphatic heterocycles. The Morgan fingerprint density at radius 1 is 1.44 bits per heavy atom. The topological polar surface area (TPSA) is 98.5 Å². The van der Waals surface area contributed by atoms with Crippen LogP contribution in [0.2, 0.25) is 0 Å². The second-order valence-electron chi connectivity index (χ2n) is 3.17. The Kier molecular flexibility index (Phi) is 4.60. The molecule has 0 spiro atoms. The minimum Gasteiger partial charge on any atom is -0.497 e. The van der Waals surface area contributed by atoms with Crippen molar-refractivity contribution in [3.8, 4) is 5.75 Å². The van der Waals surface area contributed by atoms with Gasteiger partial charge in [0.15, 0.2) is 0 Å². The van der Waals surface area contributed by atoms with Crippen LogP contribution in [-0.2, 0) is 0 Å². The van der Waals surface area contributed by atoms with E-state index in [9.17, 15) is 5.11 Å². The molecule has 0 heterocycles. The standard InChI is InChI=1S/C10H13N3O3/c1-16-8-4-2-7(3-5-8)10(15)9(6-14)12-13-11/h2-5,9-10,14-15H,6H2,1H3/t9-,10-/m0/s1. The Morgan fingerprint density at radius 2 is 2.06 bits per heavy atom. The molecule has 0 amide bonds. The zero-order valence-electron chi connectivity index (χ0n) is 8.82. The van der Waals surface area contributed by atoms with E-state index in [1.54, 1.807) is 31.4 Å². The molecule has 6 nitrogen and oxygen atoms in total. The maximum absolute atomic E-state index is 9.81. The molecule has 1 aromatic carbocycles. The third-order valence-corrected chi connectivity index (χ3v) is 2.21. The minimum atomic E-state index is -1.02. The van der Waals surface area contributed by atoms with Gasteiger partial charge in [-0.2, -0.15) is 0 Å². The molecule has 2 atom stereocenters. The van der Waals surface area contributed by atoms with Crippen molar-refractivity contribution in [2.75, 3.05) is 13.7 Å². The molecular weight excluding hydrogens is 210 g/mol. The lowest BCUT2D eigenvalue weighted by Gasteiger charge is -2.16. The number of rotatable bonds is 5. The highest BCUT2D eigenvalue weighted by Gasteiger charge is 2.18. The predicted octanol–water partition coefficient (Wildman–Crippen LogP) is 1.40. The van der Waals surface area contributed by atoms with Crippen LogP contribution < -0.4 is 4.74 Å². The highest BCUT2D eigenvalue weighted by molar-refractivity contribution is 5.29. The Hall–Kier alpha value is -1.75. The molecule has 16 heavy (non-hydrogen) atoms. The van der Waals surface area contributed by atoms with Gasteiger partial charge in [0.2, 0.25) is 0 Å². The van der Waals surface area contributed by atoms with Gasteiger partial charge in [-0.15, -0.1) is 0 Å². The van der Waals surface area contributed by atoms with Gasteiger partial charge in [-0.1, -0.05) is 17.2 Å². The average molecular weight is 223 g/mol. The van der Waals surface area contributed by atoms with Gasteiger partial charge >= 0.3 is 0 Å². The highest BCUT2D eigenvalue weighted by atomic mass is 16.5. The molecule has 0 bridgehead atoms. The van der Waals surface area contributed by atoms with E-state index in [2.05, 4.69) is 10.0 Å². The van der Waals surface area contributed by atoms with E-state index < -0.39 is 18.8 Å². The Labute approximate surface area is 92.7 Å². The van der Waals surface area contributed by atoms with Crippen molar-refractivity contribution >= 4 is 0 Å². The summed E-state index contributed by atoms with van der Waals surface area (Å²) in [5.74, 6) is 0.667. The van der Waals surface area contributed by atoms with Crippen molar-refractivity contribution in [2.24, 2.45) is 5.11 Å². The first kappa shape index (κ1) is 12.3. The molecule has 0 saturated heterocycles. The molecule has 2 N–H and O–H groups in total. The molecule has 0 radical (unpaired) electrons. The predicted molar refractivity (Wildman–Crippen MR) is 58.0 cm³/mol. The molecule has 86 valence electrons. The van der Waals surface area contributed by atoms with E-state index in [1.807, 2.05) is 0 Å². The summed E-state index contributed by atoms with van der Waals surface area (Å²) in [7, 11) is 1.54. The molecule has 0 saturated carbocycles. The van der Waals surface area contributed by atoms with Gasteiger partial charge in [0.25, 0.3) is 0 Å². The number of aliphatic hydroxyl groups is 2. The van der Waals surface area contributed by atoms with E-state index in [-0.39, 0.29) is 0 Å². The van der Waals surface area contributed by atoms with Crippen molar-refractivity contribution in [3.05, 3.63) is 40.3 Å². The van der Waals surface area contributed by atoms with Crippen LogP contribution in [0.5, 0.6) is 5.75 Å². The number of benzene rings is 1. The van der Waals surface area contributed by atoms with E-state index in [4.69, 9.17) is 15.4 Å². The van der Waals surface area contributed by atoms with Crippen LogP contribution in [0.1, 0.15) is 11.7 Å². The van der Waals surface area contributed by atoms with Crippen LogP contribution in [0, 0.1) is 0 Å². The fraction of sp³-hybridized carbons (Fsp3) is 0.400. The van der Waals surface area contributed by atoms with Gasteiger partial charge in [-0.3, -0.25) is 0 Å². The van der Waals surface area contributed by atoms with Gasteiger partial charge < -0.3 is 14.9 Å². The van der Waals surface area contributed by atoms with Crippen LogP contribution in [0.4, 0.5) is 0 Å². The third kappa shape index (κ3) is 2.87. The van der Waals surface area contributed by atoms with Crippen LogP contribution in [0.15, 0.2) is 29.4 Å². The lowest BCUT2D eigenvalue weighted by Crippen LogP contribution is -2.19. The van der Waals surface area contributed by atoms with Crippen molar-refractivity contribution in [3.63, 3.8) is 0 Å². The van der Waals surface area contributed by atoms with E-state index in [1.165, 1.54) is 0 Å². The summed E-state index contributed by atoms with van der Waals surface area (Å²) in [6.45, 7) is -0.406. The van der Waals surface area contributed by atoms with Crippen molar-refractivity contribution in [1.82, 2.24) is 0 Å². The molecule has 6 heteroatoms. The Bertz CT molecular complexity index is 373. The molecular formula is C10H13N3O3. The van der Waals surface area contributed by atoms with Crippen LogP contribution in [0.25, 0.3) is 10.4 Å². The van der Waals surface area contributed by atoms with Crippen molar-refractivity contribution in [2.45, 2.75) is 12.1 Å². The summed E-state index contributed by atoms with van der Waals surface area (Å²) in [5, 5.41) is 22.1. The minimum absolute atomic E-state index is 0.406. The maximum atomic E-state index is 9.81. The molecule has 1 aromatic rings. The summed E-state index contributed by atoms with van der Waals surface area (Å²) < 4.78 is 4.97. The molecule has 0 aromatic heterocycles. The van der Waals surface area contributed by atoms with Crippen molar-refractivity contribution < 1.29 is 14.9 Å². The largest absolute Gasteiger partial charge is 0.497 e. The molecule has 0 aliphatic rings. The van der Waals surface area contributed by atoms with E-state index >= 15 is 0 Å². The quantitative estimate of drug-likeness (QED) is 0.448. The lowest BCUT2D eigenvalue weighted by molar-refractivity contribution is 0.109. The summed E-state index contributed by atoms with van der Waals surface area (Å²) >= 11 is 0. The number of methoxy groups -OCH3 is 1. The third-order valence-electron chi connectivity index (χ3n) is 2.21. The Morgan fingerprint density at radius 3 is 2.50 bits per heavy atom. The molecule has 0 unspecified atom stereocenters. The fourth-order valence-electron chi connectivity index (χ4n) is 1.29. The second kappa shape index (κ2) is 5.97. The highest BCUT2D eigenvalue weighted by Crippen LogP contribution is 2.21. The number of aliphatic hydroxyl groups excluding tert-OH is 2. The van der Waals surface area contributed by atoms with Gasteiger partial charge in [-0.05, 0) is 23.2 Å². The normalized spacial score (nSPS) is 13.7. The lowest BCUT2D eigenvalue weighted by atomic mass is 10.0. The van der Waals surface area contributed by atoms with Gasteiger partial charge in [0, 0.05) is 4.91 Å². The van der Waals surface area contributed by atoms with Crippen molar-refractivity contribution in [1.29, 1.82) is 0 Å². The SMILES string of the molecule is COc1ccc([C@H](O)[C@H](CO)N=[N+]=[N-])cc1. The summed E-state index contributed by atoms with van der Waals surface area (Å²) in [6, 6.07) is 5.79. The van der Waals surface area contributed by atoms with Crippen LogP contribution in [-0.4, -0.2) is 30.0 Å². The Balaban J connectivity index is 2.85. The first-order chi connectivity index (χ1) is 7.72. The first-order valence-electron chi connectivity index (χ1n) is 4.70. The van der Waals surface area contributed by atoms with Gasteiger partial charge in [0.1, 0.15) is 5.75 Å². The van der Waals surface area contributed by atoms with Gasteiger partial charge in [-0.25, -0.2) is 0 Å². The first-order valence-corrected chi connectivity index (χ1v) is 4.70. The average Bonchev–Trinajstić information content (AvgIpc) is 2.35. The zero-order chi connectivity index (χ0) is 12.0. The fourth-order valence-corrected chi connectivity index (χ4v) is 1.29. The number of hydrogen-bond donors (Lipinski definition) is 2. The summed E-state index contributed by atoms with van der Waals surface area (Å²) in [4.78, 5) is 2.57. The monoisotopic (exact) mass is 223 g/mol. The number of nitrogens with zero attached hydrogens (tertiary/aromatic N) is 3. The molecule has 0 aliphatic carbocycles. The molecule has 0 fully saturated rings. The molecule has 1 rings (SSSR count). The van der Waals surface area contributed by atoms with Gasteiger partial charge in [0.05, 0.1) is 25.9 Å². The van der Waals surface area contributed by atoms with E-state index in [0.29, 0.717) is 11.3 Å². The van der Waals surface area contributed by atoms with Crippen LogP contribution in [0.3, 0.4) is 0 Å². The zero-order valence-corrected chi connectivity index (χ0v) is 8.82. The maximum Gasteiger partial charge on any atom is 0.118 e. The number of ether oxygens (including phenoxy) is 1. The second-order valence-corrected chi connectivity index (χ2v) is 3.17. The summed E-state index contributed by atoms with van der Waals surface area (Å²) in [5.41, 5.74) is 8.82. The van der Waals surface area contributed by atoms with Crippen LogP contribution >= 0.6 is 0 Å². The number of hydrogen-bond acceptors (Lipinski definition) is 4. The smallest absolute Gasteiger partial charge is 0.118 e. The summed E-state index contributed by atoms with van der Waals surface area (Å²) in [6.07, 6.45) is -1.02. The number of azide groups is 1.